The molecule has 2 unspecified atom stereocenters. The molecule has 142 valence electrons. The zero-order valence-electron chi connectivity index (χ0n) is 16.0. The van der Waals surface area contributed by atoms with E-state index in [1.807, 2.05) is 37.3 Å². The van der Waals surface area contributed by atoms with Gasteiger partial charge in [0.15, 0.2) is 0 Å². The number of nitrogens with zero attached hydrogens (tertiary/aromatic N) is 4. The van der Waals surface area contributed by atoms with E-state index in [0.29, 0.717) is 18.3 Å². The second kappa shape index (κ2) is 7.55. The van der Waals surface area contributed by atoms with Gasteiger partial charge in [-0.1, -0.05) is 12.1 Å². The summed E-state index contributed by atoms with van der Waals surface area (Å²) in [5.74, 6) is 3.22. The summed E-state index contributed by atoms with van der Waals surface area (Å²) in [7, 11) is 1.66. The molecule has 1 aromatic carbocycles. The number of benzene rings is 1. The van der Waals surface area contributed by atoms with E-state index in [4.69, 9.17) is 4.74 Å². The van der Waals surface area contributed by atoms with E-state index < -0.39 is 0 Å². The molecule has 3 heterocycles. The molecular weight excluding hydrogens is 340 g/mol. The number of carbonyl (C=O) groups excluding carboxylic acids is 1. The first-order chi connectivity index (χ1) is 13.1. The van der Waals surface area contributed by atoms with Crippen LogP contribution in [0.1, 0.15) is 17.7 Å². The molecule has 2 aliphatic rings. The molecular formula is C21H26N4O2. The number of aryl methyl sites for hydroxylation is 2. The molecule has 1 aromatic heterocycles. The van der Waals surface area contributed by atoms with Crippen LogP contribution in [0.3, 0.4) is 0 Å². The Morgan fingerprint density at radius 2 is 1.81 bits per heavy atom. The monoisotopic (exact) mass is 366 g/mol. The second-order valence-electron chi connectivity index (χ2n) is 7.59. The lowest BCUT2D eigenvalue weighted by Gasteiger charge is -2.22. The van der Waals surface area contributed by atoms with Gasteiger partial charge in [0.2, 0.25) is 5.91 Å². The number of likely N-dealkylation sites (tertiary alicyclic amines) is 1. The number of methoxy groups -OCH3 is 1. The van der Waals surface area contributed by atoms with Gasteiger partial charge >= 0.3 is 0 Å². The summed E-state index contributed by atoms with van der Waals surface area (Å²) in [6.45, 7) is 5.68. The average molecular weight is 366 g/mol. The normalized spacial score (nSPS) is 21.4. The number of hydrogen-bond acceptors (Lipinski definition) is 5. The van der Waals surface area contributed by atoms with Gasteiger partial charge in [0.05, 0.1) is 7.11 Å². The van der Waals surface area contributed by atoms with E-state index in [-0.39, 0.29) is 5.91 Å². The van der Waals surface area contributed by atoms with Crippen molar-refractivity contribution >= 4 is 11.7 Å². The molecule has 0 spiro atoms. The molecule has 2 aromatic rings. The van der Waals surface area contributed by atoms with Crippen LogP contribution in [0, 0.1) is 18.8 Å². The van der Waals surface area contributed by atoms with Gasteiger partial charge in [-0.3, -0.25) is 4.79 Å². The van der Waals surface area contributed by atoms with Gasteiger partial charge in [0, 0.05) is 56.2 Å². The van der Waals surface area contributed by atoms with Crippen LogP contribution in [-0.4, -0.2) is 54.1 Å². The van der Waals surface area contributed by atoms with Crippen molar-refractivity contribution in [1.29, 1.82) is 0 Å². The summed E-state index contributed by atoms with van der Waals surface area (Å²) >= 11 is 0. The Kier molecular flexibility index (Phi) is 4.97. The largest absolute Gasteiger partial charge is 0.497 e. The lowest BCUT2D eigenvalue weighted by Crippen LogP contribution is -2.33. The third-order valence-corrected chi connectivity index (χ3v) is 5.74. The van der Waals surface area contributed by atoms with Crippen LogP contribution < -0.4 is 9.64 Å². The molecule has 0 saturated carbocycles. The number of hydrogen-bond donors (Lipinski definition) is 0. The van der Waals surface area contributed by atoms with Crippen molar-refractivity contribution in [3.63, 3.8) is 0 Å². The van der Waals surface area contributed by atoms with Crippen molar-refractivity contribution in [3.05, 3.63) is 47.9 Å². The standard InChI is InChI=1S/C21H26N4O2/c1-15-9-20(23-14-22-15)24-10-17-12-25(13-18(17)11-24)21(26)8-5-16-3-6-19(27-2)7-4-16/h3-4,6-7,9,14,17-18H,5,8,10-13H2,1-2H3. The highest BCUT2D eigenvalue weighted by Crippen LogP contribution is 2.33. The van der Waals surface area contributed by atoms with Gasteiger partial charge < -0.3 is 14.5 Å². The molecule has 2 atom stereocenters. The van der Waals surface area contributed by atoms with Crippen molar-refractivity contribution in [2.75, 3.05) is 38.2 Å². The summed E-state index contributed by atoms with van der Waals surface area (Å²) in [6.07, 6.45) is 2.98. The molecule has 0 aliphatic carbocycles. The first-order valence-corrected chi connectivity index (χ1v) is 9.56. The van der Waals surface area contributed by atoms with Crippen molar-refractivity contribution in [1.82, 2.24) is 14.9 Å². The van der Waals surface area contributed by atoms with Gasteiger partial charge in [-0.2, -0.15) is 0 Å². The highest BCUT2D eigenvalue weighted by molar-refractivity contribution is 5.77. The van der Waals surface area contributed by atoms with Crippen molar-refractivity contribution < 1.29 is 9.53 Å². The van der Waals surface area contributed by atoms with Crippen LogP contribution in [-0.2, 0) is 11.2 Å². The number of fused-ring (bicyclic) bond motifs is 1. The molecule has 4 rings (SSSR count). The number of ether oxygens (including phenoxy) is 1. The van der Waals surface area contributed by atoms with E-state index >= 15 is 0 Å². The summed E-state index contributed by atoms with van der Waals surface area (Å²) in [4.78, 5) is 25.6. The average Bonchev–Trinajstić information content (AvgIpc) is 3.26. The van der Waals surface area contributed by atoms with Crippen molar-refractivity contribution in [3.8, 4) is 5.75 Å². The molecule has 2 saturated heterocycles. The zero-order valence-corrected chi connectivity index (χ0v) is 16.0. The maximum atomic E-state index is 12.6. The minimum Gasteiger partial charge on any atom is -0.497 e. The third-order valence-electron chi connectivity index (χ3n) is 5.74. The van der Waals surface area contributed by atoms with Gasteiger partial charge in [-0.25, -0.2) is 9.97 Å². The summed E-state index contributed by atoms with van der Waals surface area (Å²) in [5.41, 5.74) is 2.17. The van der Waals surface area contributed by atoms with Crippen molar-refractivity contribution in [2.45, 2.75) is 19.8 Å². The Bertz CT molecular complexity index is 794. The van der Waals surface area contributed by atoms with Gasteiger partial charge in [-0.15, -0.1) is 0 Å². The summed E-state index contributed by atoms with van der Waals surface area (Å²) in [5, 5.41) is 0. The van der Waals surface area contributed by atoms with E-state index in [2.05, 4.69) is 19.8 Å². The Hall–Kier alpha value is -2.63. The summed E-state index contributed by atoms with van der Waals surface area (Å²) < 4.78 is 5.18. The summed E-state index contributed by atoms with van der Waals surface area (Å²) in [6, 6.07) is 10.0. The Morgan fingerprint density at radius 3 is 2.44 bits per heavy atom. The Balaban J connectivity index is 1.28. The van der Waals surface area contributed by atoms with Gasteiger partial charge in [0.1, 0.15) is 17.9 Å². The maximum absolute atomic E-state index is 12.6. The molecule has 0 radical (unpaired) electrons. The fraction of sp³-hybridized carbons (Fsp3) is 0.476. The highest BCUT2D eigenvalue weighted by Gasteiger charge is 2.41. The van der Waals surface area contributed by atoms with Gasteiger partial charge in [0.25, 0.3) is 0 Å². The zero-order chi connectivity index (χ0) is 18.8. The number of anilines is 1. The number of amides is 1. The fourth-order valence-corrected chi connectivity index (χ4v) is 4.20. The van der Waals surface area contributed by atoms with Gasteiger partial charge in [-0.05, 0) is 31.0 Å². The quantitative estimate of drug-likeness (QED) is 0.813. The molecule has 2 fully saturated rings. The lowest BCUT2D eigenvalue weighted by molar-refractivity contribution is -0.130. The van der Waals surface area contributed by atoms with E-state index in [1.165, 1.54) is 5.56 Å². The van der Waals surface area contributed by atoms with Crippen LogP contribution in [0.25, 0.3) is 0 Å². The molecule has 6 nitrogen and oxygen atoms in total. The first kappa shape index (κ1) is 17.8. The third kappa shape index (κ3) is 3.89. The number of rotatable bonds is 5. The second-order valence-corrected chi connectivity index (χ2v) is 7.59. The minimum absolute atomic E-state index is 0.268. The molecule has 1 amide bonds. The van der Waals surface area contributed by atoms with Crippen LogP contribution in [0.5, 0.6) is 5.75 Å². The Labute approximate surface area is 160 Å². The van der Waals surface area contributed by atoms with Crippen LogP contribution in [0.15, 0.2) is 36.7 Å². The molecule has 27 heavy (non-hydrogen) atoms. The predicted molar refractivity (Wildman–Crippen MR) is 104 cm³/mol. The van der Waals surface area contributed by atoms with E-state index in [1.54, 1.807) is 13.4 Å². The maximum Gasteiger partial charge on any atom is 0.222 e. The van der Waals surface area contributed by atoms with Crippen molar-refractivity contribution in [2.24, 2.45) is 11.8 Å². The smallest absolute Gasteiger partial charge is 0.222 e. The van der Waals surface area contributed by atoms with E-state index in [0.717, 1.165) is 49.9 Å². The highest BCUT2D eigenvalue weighted by atomic mass is 16.5. The van der Waals surface area contributed by atoms with Crippen LogP contribution >= 0.6 is 0 Å². The number of carbonyl (C=O) groups is 1. The molecule has 2 aliphatic heterocycles. The topological polar surface area (TPSA) is 58.6 Å². The number of aromatic nitrogens is 2. The Morgan fingerprint density at radius 1 is 1.11 bits per heavy atom. The molecule has 0 bridgehead atoms. The molecule has 6 heteroatoms. The SMILES string of the molecule is COc1ccc(CCC(=O)N2CC3CN(c4cc(C)ncn4)CC3C2)cc1. The predicted octanol–water partition coefficient (Wildman–Crippen LogP) is 2.32. The van der Waals surface area contributed by atoms with Crippen LogP contribution in [0.2, 0.25) is 0 Å². The first-order valence-electron chi connectivity index (χ1n) is 9.56. The lowest BCUT2D eigenvalue weighted by atomic mass is 10.0. The fourth-order valence-electron chi connectivity index (χ4n) is 4.20. The van der Waals surface area contributed by atoms with E-state index in [9.17, 15) is 4.79 Å². The molecule has 0 N–H and O–H groups in total. The minimum atomic E-state index is 0.268. The van der Waals surface area contributed by atoms with Crippen LogP contribution in [0.4, 0.5) is 5.82 Å².